The average molecular weight is 599 g/mol. The molecule has 2 heterocycles. The van der Waals surface area contributed by atoms with Gasteiger partial charge in [0.15, 0.2) is 17.6 Å². The zero-order valence-electron chi connectivity index (χ0n) is 21.8. The Bertz CT molecular complexity index is 1520. The molecule has 6 rings (SSSR count). The van der Waals surface area contributed by atoms with Gasteiger partial charge < -0.3 is 9.47 Å². The van der Waals surface area contributed by atoms with Crippen LogP contribution in [0.15, 0.2) is 108 Å². The number of ether oxygens (including phenoxy) is 2. The predicted molar refractivity (Wildman–Crippen MR) is 153 cm³/mol. The summed E-state index contributed by atoms with van der Waals surface area (Å²) in [7, 11) is 1.58. The summed E-state index contributed by atoms with van der Waals surface area (Å²) in [5, 5.41) is 1.68. The smallest absolute Gasteiger partial charge is 0.262 e. The number of para-hydroxylation sites is 1. The number of imide groups is 1. The lowest BCUT2D eigenvalue weighted by atomic mass is 9.90. The number of anilines is 1. The summed E-state index contributed by atoms with van der Waals surface area (Å²) < 4.78 is 12.5. The molecule has 0 spiro atoms. The monoisotopic (exact) mass is 598 g/mol. The Morgan fingerprint density at radius 2 is 1.43 bits per heavy atom. The van der Waals surface area contributed by atoms with E-state index < -0.39 is 18.1 Å². The third-order valence-electron chi connectivity index (χ3n) is 7.24. The highest BCUT2D eigenvalue weighted by Gasteiger charge is 2.60. The highest BCUT2D eigenvalue weighted by atomic mass is 79.9. The van der Waals surface area contributed by atoms with Gasteiger partial charge in [0.2, 0.25) is 5.91 Å². The zero-order chi connectivity index (χ0) is 27.6. The minimum atomic E-state index is -0.937. The first-order chi connectivity index (χ1) is 19.5. The number of methoxy groups -OCH3 is 1. The van der Waals surface area contributed by atoms with E-state index in [1.807, 2.05) is 103 Å². The van der Waals surface area contributed by atoms with E-state index in [9.17, 15) is 9.59 Å². The average Bonchev–Trinajstić information content (AvgIpc) is 3.49. The van der Waals surface area contributed by atoms with E-state index in [1.165, 1.54) is 4.90 Å². The fourth-order valence-corrected chi connectivity index (χ4v) is 5.85. The van der Waals surface area contributed by atoms with E-state index >= 15 is 0 Å². The van der Waals surface area contributed by atoms with Crippen molar-refractivity contribution in [2.75, 3.05) is 12.2 Å². The molecule has 2 aliphatic rings. The molecule has 7 nitrogen and oxygen atoms in total. The number of carbonyl (C=O) groups is 2. The highest BCUT2D eigenvalue weighted by Crippen LogP contribution is 2.50. The zero-order valence-corrected chi connectivity index (χ0v) is 23.4. The molecular formula is C32H27BrN2O5. The van der Waals surface area contributed by atoms with Gasteiger partial charge in [0, 0.05) is 4.47 Å². The van der Waals surface area contributed by atoms with Crippen molar-refractivity contribution in [3.63, 3.8) is 0 Å². The number of hydrogen-bond acceptors (Lipinski definition) is 6. The molecular weight excluding hydrogens is 572 g/mol. The molecule has 0 aromatic heterocycles. The van der Waals surface area contributed by atoms with Crippen LogP contribution in [0, 0.1) is 5.92 Å². The van der Waals surface area contributed by atoms with E-state index in [0.717, 1.165) is 22.4 Å². The third-order valence-corrected chi connectivity index (χ3v) is 7.93. The summed E-state index contributed by atoms with van der Waals surface area (Å²) in [6.07, 6.45) is -0.937. The van der Waals surface area contributed by atoms with Crippen LogP contribution in [0.3, 0.4) is 0 Å². The third kappa shape index (κ3) is 4.85. The van der Waals surface area contributed by atoms with Crippen molar-refractivity contribution in [3.05, 3.63) is 124 Å². The number of likely N-dealkylation sites (tertiary alicyclic amines) is 1. The maximum absolute atomic E-state index is 13.9. The maximum atomic E-state index is 13.9. The van der Waals surface area contributed by atoms with Crippen LogP contribution in [0.4, 0.5) is 5.69 Å². The lowest BCUT2D eigenvalue weighted by molar-refractivity contribution is -0.143. The van der Waals surface area contributed by atoms with Crippen molar-refractivity contribution < 1.29 is 23.9 Å². The summed E-state index contributed by atoms with van der Waals surface area (Å²) in [5.41, 5.74) is 3.40. The Hall–Kier alpha value is -4.14. The van der Waals surface area contributed by atoms with Crippen LogP contribution in [0.25, 0.3) is 0 Å². The largest absolute Gasteiger partial charge is 0.493 e. The minimum Gasteiger partial charge on any atom is -0.493 e. The number of fused-ring (bicyclic) bond motifs is 1. The normalized spacial score (nSPS) is 20.1. The first kappa shape index (κ1) is 26.1. The topological polar surface area (TPSA) is 68.3 Å². The van der Waals surface area contributed by atoms with Gasteiger partial charge in [-0.3, -0.25) is 19.3 Å². The summed E-state index contributed by atoms with van der Waals surface area (Å²) in [6, 6.07) is 32.0. The van der Waals surface area contributed by atoms with Crippen LogP contribution >= 0.6 is 15.9 Å². The molecule has 4 aromatic carbocycles. The van der Waals surface area contributed by atoms with Gasteiger partial charge in [-0.1, -0.05) is 94.8 Å². The number of nitrogens with zero attached hydrogens (tertiary/aromatic N) is 2. The molecule has 2 fully saturated rings. The summed E-state index contributed by atoms with van der Waals surface area (Å²) in [4.78, 5) is 35.0. The standard InChI is InChI=1S/C32H27BrN2O5/c1-38-26-17-24(25(33)18-27(26)39-20-22-13-7-3-8-14-22)29-28-30(40-35(29)23-15-9-4-10-16-23)32(37)34(31(28)36)19-21-11-5-2-6-12-21/h2-18,28-30H,19-20H2,1H3/t28-,29-,30+/m1/s1. The summed E-state index contributed by atoms with van der Waals surface area (Å²) >= 11 is 3.72. The fourth-order valence-electron chi connectivity index (χ4n) is 5.29. The van der Waals surface area contributed by atoms with E-state index in [-0.39, 0.29) is 18.4 Å². The number of carbonyl (C=O) groups excluding carboxylic acids is 2. The van der Waals surface area contributed by atoms with Crippen molar-refractivity contribution in [1.29, 1.82) is 0 Å². The Balaban J connectivity index is 1.37. The first-order valence-corrected chi connectivity index (χ1v) is 13.8. The van der Waals surface area contributed by atoms with E-state index in [2.05, 4.69) is 15.9 Å². The molecule has 0 bridgehead atoms. The van der Waals surface area contributed by atoms with Crippen molar-refractivity contribution in [2.24, 2.45) is 5.92 Å². The predicted octanol–water partition coefficient (Wildman–Crippen LogP) is 6.08. The van der Waals surface area contributed by atoms with Crippen LogP contribution in [0.5, 0.6) is 11.5 Å². The molecule has 0 N–H and O–H groups in total. The molecule has 40 heavy (non-hydrogen) atoms. The van der Waals surface area contributed by atoms with E-state index in [4.69, 9.17) is 14.3 Å². The van der Waals surface area contributed by atoms with E-state index in [0.29, 0.717) is 22.6 Å². The summed E-state index contributed by atoms with van der Waals surface area (Å²) in [6.45, 7) is 0.571. The number of hydroxylamine groups is 1. The fraction of sp³-hybridized carbons (Fsp3) is 0.188. The van der Waals surface area contributed by atoms with Gasteiger partial charge in [0.05, 0.1) is 25.4 Å². The second-order valence-corrected chi connectivity index (χ2v) is 10.6. The Kier molecular flexibility index (Phi) is 7.28. The van der Waals surface area contributed by atoms with Gasteiger partial charge in [-0.05, 0) is 41.0 Å². The maximum Gasteiger partial charge on any atom is 0.262 e. The number of halogens is 1. The van der Waals surface area contributed by atoms with Gasteiger partial charge in [-0.15, -0.1) is 0 Å². The molecule has 3 atom stereocenters. The van der Waals surface area contributed by atoms with Crippen molar-refractivity contribution in [1.82, 2.24) is 4.90 Å². The lowest BCUT2D eigenvalue weighted by Gasteiger charge is -2.30. The van der Waals surface area contributed by atoms with Crippen LogP contribution in [0.1, 0.15) is 22.7 Å². The molecule has 0 saturated carbocycles. The Morgan fingerprint density at radius 3 is 2.08 bits per heavy atom. The van der Waals surface area contributed by atoms with Gasteiger partial charge >= 0.3 is 0 Å². The van der Waals surface area contributed by atoms with Gasteiger partial charge in [0.1, 0.15) is 12.5 Å². The molecule has 2 saturated heterocycles. The number of amides is 2. The van der Waals surface area contributed by atoms with Gasteiger partial charge in [-0.2, -0.15) is 0 Å². The number of hydrogen-bond donors (Lipinski definition) is 0. The molecule has 0 aliphatic carbocycles. The molecule has 202 valence electrons. The number of benzene rings is 4. The Labute approximate surface area is 241 Å². The molecule has 8 heteroatoms. The quantitative estimate of drug-likeness (QED) is 0.229. The van der Waals surface area contributed by atoms with Gasteiger partial charge in [-0.25, -0.2) is 5.06 Å². The second-order valence-electron chi connectivity index (χ2n) is 9.71. The summed E-state index contributed by atoms with van der Waals surface area (Å²) in [5.74, 6) is -0.272. The van der Waals surface area contributed by atoms with Crippen LogP contribution in [-0.4, -0.2) is 29.9 Å². The second kappa shape index (κ2) is 11.2. The van der Waals surface area contributed by atoms with Crippen LogP contribution < -0.4 is 14.5 Å². The first-order valence-electron chi connectivity index (χ1n) is 13.0. The molecule has 2 aliphatic heterocycles. The lowest BCUT2D eigenvalue weighted by Crippen LogP contribution is -2.37. The SMILES string of the molecule is COc1cc([C@@H]2[C@H]3C(=O)N(Cc4ccccc4)C(=O)[C@H]3ON2c2ccccc2)c(Br)cc1OCc1ccccc1. The Morgan fingerprint density at radius 1 is 0.800 bits per heavy atom. The highest BCUT2D eigenvalue weighted by molar-refractivity contribution is 9.10. The van der Waals surface area contributed by atoms with Crippen molar-refractivity contribution in [3.8, 4) is 11.5 Å². The molecule has 0 radical (unpaired) electrons. The van der Waals surface area contributed by atoms with Crippen molar-refractivity contribution >= 4 is 33.4 Å². The van der Waals surface area contributed by atoms with Crippen molar-refractivity contribution in [2.45, 2.75) is 25.3 Å². The molecule has 2 amide bonds. The number of rotatable bonds is 8. The van der Waals surface area contributed by atoms with Crippen LogP contribution in [-0.2, 0) is 27.6 Å². The van der Waals surface area contributed by atoms with E-state index in [1.54, 1.807) is 12.2 Å². The van der Waals surface area contributed by atoms with Crippen LogP contribution in [0.2, 0.25) is 0 Å². The molecule has 0 unspecified atom stereocenters. The minimum absolute atomic E-state index is 0.198. The van der Waals surface area contributed by atoms with Gasteiger partial charge in [0.25, 0.3) is 5.91 Å². The molecule has 4 aromatic rings.